The molecule has 1 aromatic rings. The van der Waals surface area contributed by atoms with E-state index in [2.05, 4.69) is 10.5 Å². The number of aryl methyl sites for hydroxylation is 1. The second-order valence-corrected chi connectivity index (χ2v) is 5.67. The zero-order valence-electron chi connectivity index (χ0n) is 11.6. The van der Waals surface area contributed by atoms with E-state index in [9.17, 15) is 9.59 Å². The van der Waals surface area contributed by atoms with Crippen molar-refractivity contribution < 1.29 is 14.1 Å². The van der Waals surface area contributed by atoms with Gasteiger partial charge in [0, 0.05) is 25.2 Å². The van der Waals surface area contributed by atoms with Crippen molar-refractivity contribution in [1.82, 2.24) is 15.4 Å². The van der Waals surface area contributed by atoms with Gasteiger partial charge in [-0.1, -0.05) is 5.16 Å². The van der Waals surface area contributed by atoms with E-state index in [-0.39, 0.29) is 23.6 Å². The number of carbonyl (C=O) groups excluding carboxylic acids is 2. The molecule has 1 aliphatic rings. The van der Waals surface area contributed by atoms with Crippen LogP contribution in [0, 0.1) is 6.92 Å². The van der Waals surface area contributed by atoms with Gasteiger partial charge in [0.05, 0.1) is 0 Å². The van der Waals surface area contributed by atoms with Gasteiger partial charge >= 0.3 is 0 Å². The van der Waals surface area contributed by atoms with Crippen LogP contribution in [0.25, 0.3) is 0 Å². The quantitative estimate of drug-likeness (QED) is 0.854. The first-order chi connectivity index (χ1) is 9.47. The Morgan fingerprint density at radius 3 is 2.65 bits per heavy atom. The fourth-order valence-corrected chi connectivity index (χ4v) is 2.37. The number of nitrogens with zero attached hydrogens (tertiary/aromatic N) is 2. The van der Waals surface area contributed by atoms with E-state index in [1.165, 1.54) is 0 Å². The molecule has 1 aromatic heterocycles. The summed E-state index contributed by atoms with van der Waals surface area (Å²) in [6.45, 7) is 4.63. The molecule has 0 bridgehead atoms. The Labute approximate surface area is 122 Å². The summed E-state index contributed by atoms with van der Waals surface area (Å²) >= 11 is 5.79. The molecule has 1 N–H and O–H groups in total. The molecule has 2 amide bonds. The lowest BCUT2D eigenvalue weighted by Gasteiger charge is -2.32. The van der Waals surface area contributed by atoms with Gasteiger partial charge in [-0.3, -0.25) is 9.59 Å². The zero-order valence-corrected chi connectivity index (χ0v) is 12.3. The third-order valence-electron chi connectivity index (χ3n) is 3.34. The predicted octanol–water partition coefficient (Wildman–Crippen LogP) is 1.33. The van der Waals surface area contributed by atoms with Crippen LogP contribution in [0.1, 0.15) is 36.0 Å². The van der Waals surface area contributed by atoms with Gasteiger partial charge in [-0.25, -0.2) is 0 Å². The lowest BCUT2D eigenvalue weighted by Crippen LogP contribution is -2.48. The number of alkyl halides is 1. The van der Waals surface area contributed by atoms with E-state index < -0.39 is 5.38 Å². The largest absolute Gasteiger partial charge is 0.361 e. The Bertz CT molecular complexity index is 493. The van der Waals surface area contributed by atoms with E-state index in [0.717, 1.165) is 12.8 Å². The molecule has 1 saturated heterocycles. The molecule has 2 heterocycles. The fourth-order valence-electron chi connectivity index (χ4n) is 2.23. The molecule has 1 fully saturated rings. The number of hydrogen-bond acceptors (Lipinski definition) is 4. The van der Waals surface area contributed by atoms with Crippen molar-refractivity contribution in [3.8, 4) is 0 Å². The van der Waals surface area contributed by atoms with Crippen molar-refractivity contribution in [2.75, 3.05) is 13.1 Å². The Hall–Kier alpha value is -1.56. The Kier molecular flexibility index (Phi) is 4.65. The van der Waals surface area contributed by atoms with E-state index >= 15 is 0 Å². The van der Waals surface area contributed by atoms with Gasteiger partial charge in [0.1, 0.15) is 11.1 Å². The van der Waals surface area contributed by atoms with Crippen molar-refractivity contribution in [2.45, 2.75) is 38.1 Å². The molecular weight excluding hydrogens is 282 g/mol. The first-order valence-electron chi connectivity index (χ1n) is 6.64. The minimum atomic E-state index is -0.501. The molecule has 6 nitrogen and oxygen atoms in total. The number of carbonyl (C=O) groups is 2. The van der Waals surface area contributed by atoms with E-state index in [0.29, 0.717) is 18.8 Å². The summed E-state index contributed by atoms with van der Waals surface area (Å²) in [6, 6.07) is 1.65. The number of rotatable bonds is 3. The third kappa shape index (κ3) is 3.50. The number of piperidine rings is 1. The van der Waals surface area contributed by atoms with Crippen LogP contribution in [0.3, 0.4) is 0 Å². The normalized spacial score (nSPS) is 17.9. The number of likely N-dealkylation sites (tertiary alicyclic amines) is 1. The molecular formula is C13H18ClN3O3. The highest BCUT2D eigenvalue weighted by Crippen LogP contribution is 2.14. The maximum absolute atomic E-state index is 11.9. The average Bonchev–Trinajstić information content (AvgIpc) is 2.85. The second-order valence-electron chi connectivity index (χ2n) is 5.01. The van der Waals surface area contributed by atoms with Crippen molar-refractivity contribution in [3.63, 3.8) is 0 Å². The van der Waals surface area contributed by atoms with Gasteiger partial charge in [-0.2, -0.15) is 0 Å². The summed E-state index contributed by atoms with van der Waals surface area (Å²) in [6.07, 6.45) is 1.44. The van der Waals surface area contributed by atoms with E-state index in [1.54, 1.807) is 24.8 Å². The highest BCUT2D eigenvalue weighted by atomic mass is 35.5. The smallest absolute Gasteiger partial charge is 0.273 e. The Morgan fingerprint density at radius 2 is 2.15 bits per heavy atom. The molecule has 2 rings (SSSR count). The van der Waals surface area contributed by atoms with E-state index in [4.69, 9.17) is 16.1 Å². The van der Waals surface area contributed by atoms with Gasteiger partial charge in [-0.05, 0) is 26.7 Å². The molecule has 110 valence electrons. The average molecular weight is 300 g/mol. The number of amides is 2. The van der Waals surface area contributed by atoms with Crippen LogP contribution in [0.15, 0.2) is 10.6 Å². The molecule has 1 aliphatic heterocycles. The summed E-state index contributed by atoms with van der Waals surface area (Å²) in [4.78, 5) is 25.4. The third-order valence-corrected chi connectivity index (χ3v) is 3.53. The monoisotopic (exact) mass is 299 g/mol. The lowest BCUT2D eigenvalue weighted by atomic mass is 10.0. The zero-order chi connectivity index (χ0) is 14.7. The lowest BCUT2D eigenvalue weighted by molar-refractivity contribution is -0.131. The molecule has 20 heavy (non-hydrogen) atoms. The van der Waals surface area contributed by atoms with E-state index in [1.807, 2.05) is 0 Å². The first kappa shape index (κ1) is 14.8. The summed E-state index contributed by atoms with van der Waals surface area (Å²) in [5.74, 6) is 0.313. The maximum Gasteiger partial charge on any atom is 0.273 e. The van der Waals surface area contributed by atoms with Crippen molar-refractivity contribution in [2.24, 2.45) is 0 Å². The van der Waals surface area contributed by atoms with Crippen LogP contribution in [0.2, 0.25) is 0 Å². The molecule has 7 heteroatoms. The molecule has 0 radical (unpaired) electrons. The number of aromatic nitrogens is 1. The SMILES string of the molecule is Cc1cc(C(=O)NC2CCN(C(=O)C(C)Cl)CC2)no1. The molecule has 1 unspecified atom stereocenters. The second kappa shape index (κ2) is 6.26. The van der Waals surface area contributed by atoms with Gasteiger partial charge in [-0.15, -0.1) is 11.6 Å². The topological polar surface area (TPSA) is 75.4 Å². The molecule has 0 saturated carbocycles. The van der Waals surface area contributed by atoms with Crippen LogP contribution in [-0.2, 0) is 4.79 Å². The van der Waals surface area contributed by atoms with Crippen LogP contribution < -0.4 is 5.32 Å². The highest BCUT2D eigenvalue weighted by Gasteiger charge is 2.26. The van der Waals surface area contributed by atoms with Gasteiger partial charge in [0.2, 0.25) is 5.91 Å². The van der Waals surface area contributed by atoms with Gasteiger partial charge in [0.25, 0.3) is 5.91 Å². The summed E-state index contributed by atoms with van der Waals surface area (Å²) in [7, 11) is 0. The van der Waals surface area contributed by atoms with Crippen molar-refractivity contribution >= 4 is 23.4 Å². The van der Waals surface area contributed by atoms with Crippen LogP contribution in [0.5, 0.6) is 0 Å². The number of hydrogen-bond donors (Lipinski definition) is 1. The van der Waals surface area contributed by atoms with Crippen molar-refractivity contribution in [1.29, 1.82) is 0 Å². The predicted molar refractivity (Wildman–Crippen MR) is 73.6 cm³/mol. The van der Waals surface area contributed by atoms with Crippen molar-refractivity contribution in [3.05, 3.63) is 17.5 Å². The number of halogens is 1. The fraction of sp³-hybridized carbons (Fsp3) is 0.615. The summed E-state index contributed by atoms with van der Waals surface area (Å²) in [5, 5.41) is 6.08. The van der Waals surface area contributed by atoms with Crippen LogP contribution in [0.4, 0.5) is 0 Å². The maximum atomic E-state index is 11.9. The number of nitrogens with one attached hydrogen (secondary N) is 1. The van der Waals surface area contributed by atoms with Gasteiger partial charge < -0.3 is 14.7 Å². The van der Waals surface area contributed by atoms with Gasteiger partial charge in [0.15, 0.2) is 5.69 Å². The highest BCUT2D eigenvalue weighted by molar-refractivity contribution is 6.30. The molecule has 1 atom stereocenters. The minimum absolute atomic E-state index is 0.0502. The first-order valence-corrected chi connectivity index (χ1v) is 7.08. The van der Waals surface area contributed by atoms with Crippen LogP contribution in [-0.4, -0.2) is 46.4 Å². The molecule has 0 aromatic carbocycles. The Morgan fingerprint density at radius 1 is 1.50 bits per heavy atom. The standard InChI is InChI=1S/C13H18ClN3O3/c1-8-7-11(16-20-8)12(18)15-10-3-5-17(6-4-10)13(19)9(2)14/h7,9-10H,3-6H2,1-2H3,(H,15,18). The Balaban J connectivity index is 1.83. The minimum Gasteiger partial charge on any atom is -0.361 e. The molecule has 0 aliphatic carbocycles. The summed E-state index contributed by atoms with van der Waals surface area (Å²) in [5.41, 5.74) is 0.287. The van der Waals surface area contributed by atoms with Crippen LogP contribution >= 0.6 is 11.6 Å². The molecule has 0 spiro atoms. The summed E-state index contributed by atoms with van der Waals surface area (Å²) < 4.78 is 4.87.